The van der Waals surface area contributed by atoms with Crippen LogP contribution in [0.15, 0.2) is 0 Å². The fourth-order valence-corrected chi connectivity index (χ4v) is 0. The fraction of sp³-hybridized carbons (Fsp3) is 0. The first kappa shape index (κ1) is 17.2. The Balaban J connectivity index is -0.00000000500. The van der Waals surface area contributed by atoms with Crippen molar-refractivity contribution < 1.29 is 10.5 Å². The van der Waals surface area contributed by atoms with Crippen LogP contribution in [0.2, 0.25) is 0 Å². The van der Waals surface area contributed by atoms with Gasteiger partial charge in [-0.15, -0.1) is 0 Å². The standard InChI is InChI=1S/Al.Ca.O2.3H/c;;1-2;;;/q;+2;-2;;;. The summed E-state index contributed by atoms with van der Waals surface area (Å²) in [6.45, 7) is 0. The first-order valence-electron chi connectivity index (χ1n) is 0.167. The second-order valence-electron chi connectivity index (χ2n) is 0. The molecular weight excluding hydrogens is 99.1 g/mol. The van der Waals surface area contributed by atoms with Gasteiger partial charge in [-0.3, -0.25) is 0 Å². The van der Waals surface area contributed by atoms with Gasteiger partial charge in [0.25, 0.3) is 0 Å². The van der Waals surface area contributed by atoms with Crippen LogP contribution >= 0.6 is 0 Å². The van der Waals surface area contributed by atoms with E-state index in [0.29, 0.717) is 0 Å². The van der Waals surface area contributed by atoms with Gasteiger partial charge in [-0.05, 0) is 0 Å². The van der Waals surface area contributed by atoms with Crippen molar-refractivity contribution in [1.29, 1.82) is 0 Å². The van der Waals surface area contributed by atoms with E-state index in [2.05, 4.69) is 0 Å². The second kappa shape index (κ2) is 22.2. The Labute approximate surface area is 64.9 Å². The van der Waals surface area contributed by atoms with Gasteiger partial charge in [0.15, 0.2) is 17.4 Å². The van der Waals surface area contributed by atoms with Crippen molar-refractivity contribution >= 4 is 55.1 Å². The summed E-state index contributed by atoms with van der Waals surface area (Å²) in [5.74, 6) is 0. The van der Waals surface area contributed by atoms with Gasteiger partial charge in [-0.25, -0.2) is 0 Å². The second-order valence-corrected chi connectivity index (χ2v) is 0. The average Bonchev–Trinajstić information content (AvgIpc) is 1.00. The number of hydrogen-bond donors (Lipinski definition) is 0. The molecule has 0 aromatic rings. The minimum absolute atomic E-state index is 0. The normalized spacial score (nSPS) is 1.50. The van der Waals surface area contributed by atoms with Crippen molar-refractivity contribution in [1.82, 2.24) is 0 Å². The third-order valence-corrected chi connectivity index (χ3v) is 0. The summed E-state index contributed by atoms with van der Waals surface area (Å²) < 4.78 is 0. The Morgan fingerprint density at radius 2 is 1.00 bits per heavy atom. The van der Waals surface area contributed by atoms with Crippen molar-refractivity contribution in [3.63, 3.8) is 0 Å². The quantitative estimate of drug-likeness (QED) is 0.178. The van der Waals surface area contributed by atoms with Gasteiger partial charge in [0, 0.05) is 0 Å². The van der Waals surface area contributed by atoms with Crippen LogP contribution in [0.25, 0.3) is 0 Å². The van der Waals surface area contributed by atoms with E-state index in [4.69, 9.17) is 10.5 Å². The van der Waals surface area contributed by atoms with Crippen LogP contribution in [-0.2, 0) is 0 Å². The molecule has 4 heteroatoms. The molecule has 0 spiro atoms. The Kier molecular flexibility index (Phi) is 95.5. The van der Waals surface area contributed by atoms with E-state index in [1.54, 1.807) is 0 Å². The molecule has 0 aliphatic carbocycles. The van der Waals surface area contributed by atoms with Crippen LogP contribution in [-0.4, -0.2) is 55.1 Å². The maximum atomic E-state index is 7.00. The van der Waals surface area contributed by atoms with Crippen molar-refractivity contribution in [2.75, 3.05) is 0 Å². The molecule has 4 heavy (non-hydrogen) atoms. The number of rotatable bonds is 0. The molecule has 0 unspecified atom stereocenters. The largest absolute Gasteiger partial charge is 2.00 e. The molecule has 0 saturated carbocycles. The van der Waals surface area contributed by atoms with Crippen LogP contribution < -0.4 is 10.5 Å². The van der Waals surface area contributed by atoms with E-state index >= 15 is 0 Å². The average molecular weight is 102 g/mol. The minimum Gasteiger partial charge on any atom is -1.00 e. The van der Waals surface area contributed by atoms with E-state index in [1.165, 1.54) is 0 Å². The molecule has 0 amide bonds. The minimum atomic E-state index is 0. The molecule has 0 N–H and O–H groups in total. The molecule has 0 bridgehead atoms. The van der Waals surface area contributed by atoms with E-state index in [9.17, 15) is 0 Å². The maximum Gasteiger partial charge on any atom is 2.00 e. The smallest absolute Gasteiger partial charge is 1.00 e. The van der Waals surface area contributed by atoms with Gasteiger partial charge in [0.2, 0.25) is 0 Å². The molecule has 0 fully saturated rings. The van der Waals surface area contributed by atoms with Crippen molar-refractivity contribution in [3.8, 4) is 0 Å². The summed E-state index contributed by atoms with van der Waals surface area (Å²) in [5.41, 5.74) is 0. The Bertz CT molecular complexity index is 6.00. The Morgan fingerprint density at radius 3 is 1.00 bits per heavy atom. The van der Waals surface area contributed by atoms with E-state index in [-0.39, 0.29) is 55.1 Å². The predicted molar refractivity (Wildman–Crippen MR) is 15.7 cm³/mol. The molecule has 0 atom stereocenters. The third kappa shape index (κ3) is 9.31. The van der Waals surface area contributed by atoms with E-state index in [0.717, 1.165) is 0 Å². The van der Waals surface area contributed by atoms with Gasteiger partial charge in [0.1, 0.15) is 0 Å². The SMILES string of the molecule is [AlH3].[Ca+2].[O-][O-]. The van der Waals surface area contributed by atoms with Crippen LogP contribution in [0.1, 0.15) is 0 Å². The van der Waals surface area contributed by atoms with Crippen molar-refractivity contribution in [2.45, 2.75) is 0 Å². The van der Waals surface area contributed by atoms with Crippen LogP contribution in [0, 0.1) is 0 Å². The van der Waals surface area contributed by atoms with Gasteiger partial charge >= 0.3 is 37.7 Å². The summed E-state index contributed by atoms with van der Waals surface area (Å²) >= 11 is 0. The Morgan fingerprint density at radius 1 is 1.00 bits per heavy atom. The van der Waals surface area contributed by atoms with Gasteiger partial charge < -0.3 is 10.5 Å². The molecule has 0 aromatic carbocycles. The first-order valence-corrected chi connectivity index (χ1v) is 0.167. The third-order valence-electron chi connectivity index (χ3n) is 0. The van der Waals surface area contributed by atoms with Crippen molar-refractivity contribution in [2.24, 2.45) is 0 Å². The summed E-state index contributed by atoms with van der Waals surface area (Å²) in [6, 6.07) is 0. The summed E-state index contributed by atoms with van der Waals surface area (Å²) in [4.78, 5) is 0. The predicted octanol–water partition coefficient (Wildman–Crippen LogP) is -3.94. The molecule has 0 aliphatic heterocycles. The van der Waals surface area contributed by atoms with Crippen LogP contribution in [0.3, 0.4) is 0 Å². The summed E-state index contributed by atoms with van der Waals surface area (Å²) in [7, 11) is 0. The first-order chi connectivity index (χ1) is 1.00. The zero-order chi connectivity index (χ0) is 2.00. The molecule has 2 nitrogen and oxygen atoms in total. The van der Waals surface area contributed by atoms with Crippen LogP contribution in [0.5, 0.6) is 0 Å². The summed E-state index contributed by atoms with van der Waals surface area (Å²) in [6.07, 6.45) is 0. The topological polar surface area (TPSA) is 46.1 Å². The van der Waals surface area contributed by atoms with Crippen LogP contribution in [0.4, 0.5) is 0 Å². The van der Waals surface area contributed by atoms with E-state index < -0.39 is 0 Å². The number of hydrogen-bond acceptors (Lipinski definition) is 2. The van der Waals surface area contributed by atoms with Gasteiger partial charge in [-0.2, -0.15) is 0 Å². The molecular formula is H3AlCaO2. The molecule has 0 rings (SSSR count). The molecule has 0 saturated heterocycles. The Hall–Kier alpha value is 1.71. The molecule has 0 aromatic heterocycles. The molecule has 20 valence electrons. The molecule has 0 heterocycles. The summed E-state index contributed by atoms with van der Waals surface area (Å²) in [5, 5.41) is 14.0. The maximum absolute atomic E-state index is 7.00. The fourth-order valence-electron chi connectivity index (χ4n) is 0. The molecule has 0 radical (unpaired) electrons. The zero-order valence-electron chi connectivity index (χ0n) is 1.52. The monoisotopic (exact) mass is 102 g/mol. The van der Waals surface area contributed by atoms with Gasteiger partial charge in [-0.1, -0.05) is 0 Å². The van der Waals surface area contributed by atoms with E-state index in [1.807, 2.05) is 0 Å². The van der Waals surface area contributed by atoms with Gasteiger partial charge in [0.05, 0.1) is 0 Å². The van der Waals surface area contributed by atoms with Crippen molar-refractivity contribution in [3.05, 3.63) is 0 Å². The molecule has 0 aliphatic rings. The zero-order valence-corrected chi connectivity index (χ0v) is 3.73.